The number of ether oxygens (including phenoxy) is 1. The van der Waals surface area contributed by atoms with Gasteiger partial charge < -0.3 is 10.1 Å². The minimum Gasteiger partial charge on any atom is -0.373 e. The number of rotatable bonds is 3. The van der Waals surface area contributed by atoms with Crippen LogP contribution < -0.4 is 5.32 Å². The Balaban J connectivity index is 1.59. The van der Waals surface area contributed by atoms with E-state index in [1.807, 2.05) is 13.8 Å². The second kappa shape index (κ2) is 5.20. The predicted octanol–water partition coefficient (Wildman–Crippen LogP) is 2.30. The zero-order chi connectivity index (χ0) is 14.2. The van der Waals surface area contributed by atoms with Gasteiger partial charge >= 0.3 is 0 Å². The van der Waals surface area contributed by atoms with E-state index in [0.29, 0.717) is 12.2 Å². The lowest BCUT2D eigenvalue weighted by atomic mass is 9.96. The van der Waals surface area contributed by atoms with Gasteiger partial charge in [0, 0.05) is 12.2 Å². The lowest BCUT2D eigenvalue weighted by Gasteiger charge is -2.21. The van der Waals surface area contributed by atoms with Crippen molar-refractivity contribution in [2.45, 2.75) is 63.6 Å². The fourth-order valence-electron chi connectivity index (χ4n) is 3.31. The predicted molar refractivity (Wildman–Crippen MR) is 75.6 cm³/mol. The van der Waals surface area contributed by atoms with Crippen molar-refractivity contribution in [2.24, 2.45) is 0 Å². The van der Waals surface area contributed by atoms with E-state index in [-0.39, 0.29) is 23.6 Å². The average Bonchev–Trinajstić information content (AvgIpc) is 3.13. The van der Waals surface area contributed by atoms with Gasteiger partial charge in [0.25, 0.3) is 5.91 Å². The van der Waals surface area contributed by atoms with Gasteiger partial charge in [0.2, 0.25) is 0 Å². The molecular weight excluding hydrogens is 254 g/mol. The van der Waals surface area contributed by atoms with Gasteiger partial charge in [-0.3, -0.25) is 9.48 Å². The molecule has 0 bridgehead atoms. The van der Waals surface area contributed by atoms with Gasteiger partial charge in [-0.1, -0.05) is 12.8 Å². The molecule has 1 saturated heterocycles. The molecule has 2 aliphatic rings. The summed E-state index contributed by atoms with van der Waals surface area (Å²) in [5, 5.41) is 7.29. The highest BCUT2D eigenvalue weighted by Crippen LogP contribution is 2.40. The standard InChI is InChI=1S/C15H23N3O2/c1-11(2)18-9-12(8-16-18)14(19)17-13-7-15(20-10-13)5-3-4-6-15/h8-9,11,13H,3-7,10H2,1-2H3,(H,17,19). The van der Waals surface area contributed by atoms with Crippen molar-refractivity contribution in [3.8, 4) is 0 Å². The monoisotopic (exact) mass is 277 g/mol. The zero-order valence-electron chi connectivity index (χ0n) is 12.3. The molecule has 1 saturated carbocycles. The molecule has 1 aliphatic heterocycles. The summed E-state index contributed by atoms with van der Waals surface area (Å²) in [4.78, 5) is 12.2. The molecule has 5 heteroatoms. The number of carbonyl (C=O) groups excluding carboxylic acids is 1. The van der Waals surface area contributed by atoms with E-state index in [9.17, 15) is 4.79 Å². The van der Waals surface area contributed by atoms with Crippen molar-refractivity contribution in [3.05, 3.63) is 18.0 Å². The second-order valence-electron chi connectivity index (χ2n) is 6.38. The fraction of sp³-hybridized carbons (Fsp3) is 0.733. The van der Waals surface area contributed by atoms with Crippen LogP contribution in [0.25, 0.3) is 0 Å². The topological polar surface area (TPSA) is 56.2 Å². The number of aromatic nitrogens is 2. The molecule has 1 N–H and O–H groups in total. The van der Waals surface area contributed by atoms with E-state index in [1.54, 1.807) is 17.1 Å². The van der Waals surface area contributed by atoms with Crippen LogP contribution in [0.5, 0.6) is 0 Å². The molecule has 1 aromatic heterocycles. The van der Waals surface area contributed by atoms with Crippen molar-refractivity contribution in [3.63, 3.8) is 0 Å². The van der Waals surface area contributed by atoms with Gasteiger partial charge in [0.05, 0.1) is 30.0 Å². The fourth-order valence-corrected chi connectivity index (χ4v) is 3.31. The van der Waals surface area contributed by atoms with Crippen molar-refractivity contribution >= 4 is 5.91 Å². The molecule has 1 aliphatic carbocycles. The molecule has 0 radical (unpaired) electrons. The Hall–Kier alpha value is -1.36. The Morgan fingerprint density at radius 1 is 1.50 bits per heavy atom. The molecule has 1 atom stereocenters. The summed E-state index contributed by atoms with van der Waals surface area (Å²) in [5.74, 6) is -0.0412. The van der Waals surface area contributed by atoms with Crippen LogP contribution in [0.1, 0.15) is 62.4 Å². The van der Waals surface area contributed by atoms with Gasteiger partial charge in [0.15, 0.2) is 0 Å². The molecule has 0 aromatic carbocycles. The Morgan fingerprint density at radius 2 is 2.25 bits per heavy atom. The van der Waals surface area contributed by atoms with Crippen LogP contribution in [0.15, 0.2) is 12.4 Å². The summed E-state index contributed by atoms with van der Waals surface area (Å²) in [7, 11) is 0. The van der Waals surface area contributed by atoms with Crippen LogP contribution in [0.2, 0.25) is 0 Å². The third kappa shape index (κ3) is 2.59. The summed E-state index contributed by atoms with van der Waals surface area (Å²) < 4.78 is 7.76. The van der Waals surface area contributed by atoms with E-state index in [2.05, 4.69) is 10.4 Å². The highest BCUT2D eigenvalue weighted by atomic mass is 16.5. The van der Waals surface area contributed by atoms with Gasteiger partial charge in [-0.15, -0.1) is 0 Å². The molecule has 1 spiro atoms. The van der Waals surface area contributed by atoms with Crippen LogP contribution >= 0.6 is 0 Å². The van der Waals surface area contributed by atoms with Crippen molar-refractivity contribution in [1.82, 2.24) is 15.1 Å². The summed E-state index contributed by atoms with van der Waals surface area (Å²) in [6, 6.07) is 0.413. The quantitative estimate of drug-likeness (QED) is 0.922. The van der Waals surface area contributed by atoms with E-state index in [0.717, 1.165) is 19.3 Å². The Labute approximate surface area is 119 Å². The molecule has 1 amide bonds. The molecule has 3 rings (SSSR count). The number of nitrogens with one attached hydrogen (secondary N) is 1. The van der Waals surface area contributed by atoms with Gasteiger partial charge in [0.1, 0.15) is 0 Å². The first-order chi connectivity index (χ1) is 9.58. The van der Waals surface area contributed by atoms with E-state index in [4.69, 9.17) is 4.74 Å². The molecule has 5 nitrogen and oxygen atoms in total. The van der Waals surface area contributed by atoms with E-state index >= 15 is 0 Å². The van der Waals surface area contributed by atoms with Crippen LogP contribution in [-0.4, -0.2) is 33.9 Å². The summed E-state index contributed by atoms with van der Waals surface area (Å²) in [5.41, 5.74) is 0.686. The summed E-state index contributed by atoms with van der Waals surface area (Å²) in [6.07, 6.45) is 9.19. The molecule has 1 aromatic rings. The molecule has 2 heterocycles. The van der Waals surface area contributed by atoms with Gasteiger partial charge in [-0.05, 0) is 33.1 Å². The van der Waals surface area contributed by atoms with Gasteiger partial charge in [-0.25, -0.2) is 0 Å². The highest BCUT2D eigenvalue weighted by molar-refractivity contribution is 5.93. The first-order valence-corrected chi connectivity index (χ1v) is 7.57. The number of hydrogen-bond donors (Lipinski definition) is 1. The van der Waals surface area contributed by atoms with Crippen molar-refractivity contribution < 1.29 is 9.53 Å². The maximum absolute atomic E-state index is 12.2. The first-order valence-electron chi connectivity index (χ1n) is 7.57. The lowest BCUT2D eigenvalue weighted by molar-refractivity contribution is 0.00988. The van der Waals surface area contributed by atoms with E-state index < -0.39 is 0 Å². The number of amides is 1. The zero-order valence-corrected chi connectivity index (χ0v) is 12.3. The normalized spacial score (nSPS) is 24.6. The Morgan fingerprint density at radius 3 is 2.90 bits per heavy atom. The third-order valence-corrected chi connectivity index (χ3v) is 4.45. The summed E-state index contributed by atoms with van der Waals surface area (Å²) >= 11 is 0. The number of nitrogens with zero attached hydrogens (tertiary/aromatic N) is 2. The van der Waals surface area contributed by atoms with Crippen LogP contribution in [0.3, 0.4) is 0 Å². The second-order valence-corrected chi connectivity index (χ2v) is 6.38. The molecular formula is C15H23N3O2. The largest absolute Gasteiger partial charge is 0.373 e. The lowest BCUT2D eigenvalue weighted by Crippen LogP contribution is -2.36. The summed E-state index contributed by atoms with van der Waals surface area (Å²) in [6.45, 7) is 4.73. The van der Waals surface area contributed by atoms with Crippen LogP contribution in [0.4, 0.5) is 0 Å². The third-order valence-electron chi connectivity index (χ3n) is 4.45. The minimum absolute atomic E-state index is 0.0412. The molecule has 1 unspecified atom stereocenters. The van der Waals surface area contributed by atoms with Crippen LogP contribution in [-0.2, 0) is 4.74 Å². The maximum atomic E-state index is 12.2. The SMILES string of the molecule is CC(C)n1cc(C(=O)NC2COC3(CCCC3)C2)cn1. The average molecular weight is 277 g/mol. The molecule has 20 heavy (non-hydrogen) atoms. The number of hydrogen-bond acceptors (Lipinski definition) is 3. The Bertz CT molecular complexity index is 489. The highest BCUT2D eigenvalue weighted by Gasteiger charge is 2.42. The smallest absolute Gasteiger partial charge is 0.254 e. The van der Waals surface area contributed by atoms with E-state index in [1.165, 1.54) is 12.8 Å². The Kier molecular flexibility index (Phi) is 3.54. The first kappa shape index (κ1) is 13.6. The molecule has 2 fully saturated rings. The molecule has 110 valence electrons. The van der Waals surface area contributed by atoms with Crippen LogP contribution in [0, 0.1) is 0 Å². The maximum Gasteiger partial charge on any atom is 0.254 e. The van der Waals surface area contributed by atoms with Crippen molar-refractivity contribution in [1.29, 1.82) is 0 Å². The van der Waals surface area contributed by atoms with Crippen molar-refractivity contribution in [2.75, 3.05) is 6.61 Å². The van der Waals surface area contributed by atoms with Gasteiger partial charge in [-0.2, -0.15) is 5.10 Å². The number of carbonyl (C=O) groups is 1. The minimum atomic E-state index is -0.0412.